The molecule has 0 spiro atoms. The molecule has 4 amide bonds. The Labute approximate surface area is 430 Å². The first-order valence-corrected chi connectivity index (χ1v) is 24.7. The second-order valence-corrected chi connectivity index (χ2v) is 19.6. The van der Waals surface area contributed by atoms with E-state index in [0.29, 0.717) is 37.1 Å². The third-order valence-electron chi connectivity index (χ3n) is 13.0. The van der Waals surface area contributed by atoms with Gasteiger partial charge in [-0.1, -0.05) is 24.3 Å². The van der Waals surface area contributed by atoms with E-state index in [1.54, 1.807) is 16.8 Å². The molecule has 23 heteroatoms. The minimum absolute atomic E-state index is 0.0128. The number of benzene rings is 3. The first kappa shape index (κ1) is 53.3. The largest absolute Gasteiger partial charge is 0.491 e. The van der Waals surface area contributed by atoms with Crippen LogP contribution < -0.4 is 19.9 Å². The molecule has 74 heavy (non-hydrogen) atoms. The number of halogens is 6. The number of likely N-dealkylation sites (tertiary alicyclic amines) is 2. The number of amides is 4. The lowest BCUT2D eigenvalue weighted by Crippen LogP contribution is -2.53. The van der Waals surface area contributed by atoms with Gasteiger partial charge in [-0.3, -0.25) is 29.1 Å². The van der Waals surface area contributed by atoms with Crippen LogP contribution in [0.4, 0.5) is 37.7 Å². The number of pyridine rings is 1. The number of anilines is 2. The van der Waals surface area contributed by atoms with E-state index in [0.717, 1.165) is 57.1 Å². The van der Waals surface area contributed by atoms with Crippen molar-refractivity contribution in [1.82, 2.24) is 25.1 Å². The molecule has 3 aliphatic rings. The van der Waals surface area contributed by atoms with Gasteiger partial charge in [0.05, 0.1) is 58.0 Å². The van der Waals surface area contributed by atoms with Crippen LogP contribution in [0.3, 0.4) is 0 Å². The number of carbonyl (C=O) groups is 4. The number of β-amino-alcohol motifs (C(OH)–C–C–N with tert-alkyl or cyclic N) is 1. The molecule has 3 aromatic carbocycles. The van der Waals surface area contributed by atoms with Crippen molar-refractivity contribution in [3.8, 4) is 33.5 Å². The maximum Gasteiger partial charge on any atom is 0.420 e. The number of aryl methyl sites for hydroxylation is 1. The maximum absolute atomic E-state index is 15.7. The molecule has 3 saturated heterocycles. The van der Waals surface area contributed by atoms with Crippen molar-refractivity contribution in [2.24, 2.45) is 0 Å². The van der Waals surface area contributed by atoms with Gasteiger partial charge in [0.25, 0.3) is 5.91 Å². The highest BCUT2D eigenvalue weighted by Gasteiger charge is 2.52. The van der Waals surface area contributed by atoms with E-state index in [2.05, 4.69) is 15.3 Å². The number of carbonyl (C=O) groups excluding carboxylic acids is 4. The number of rotatable bonds is 16. The average molecular weight is 1060 g/mol. The average Bonchev–Trinajstić information content (AvgIpc) is 4.16. The van der Waals surface area contributed by atoms with Gasteiger partial charge in [0.2, 0.25) is 17.7 Å². The quantitative estimate of drug-likeness (QED) is 0.0556. The minimum atomic E-state index is -5.28. The fraction of sp³-hybridized carbons (Fsp3) is 0.373. The second kappa shape index (κ2) is 21.8. The Morgan fingerprint density at radius 3 is 2.38 bits per heavy atom. The van der Waals surface area contributed by atoms with Crippen LogP contribution >= 0.6 is 23.6 Å². The number of thiocarbonyl (C=S) groups is 1. The van der Waals surface area contributed by atoms with Gasteiger partial charge >= 0.3 is 6.18 Å². The summed E-state index contributed by atoms with van der Waals surface area (Å²) in [7, 11) is 0. The van der Waals surface area contributed by atoms with Crippen molar-refractivity contribution in [3.05, 3.63) is 112 Å². The van der Waals surface area contributed by atoms with Gasteiger partial charge in [0.1, 0.15) is 35.5 Å². The molecule has 2 aromatic heterocycles. The SMILES string of the molecule is Cc1ncsc1-c1ccc(CNC(=O)[C@@H]2C[C@@H](O)CN2C(=O)[C@@H]2CCCN2C(=O)COCCCCOc2ccc(-c3ncc(N4C(=S)N(c5ccc(C#N)c(C(F)(F)F)c5F)C(=O)C4(C)C)cc3F)cc2F)cc1. The highest BCUT2D eigenvalue weighted by molar-refractivity contribution is 7.81. The van der Waals surface area contributed by atoms with Crippen molar-refractivity contribution in [2.75, 3.05) is 42.7 Å². The summed E-state index contributed by atoms with van der Waals surface area (Å²) in [4.78, 5) is 68.0. The Balaban J connectivity index is 0.791. The molecule has 0 unspecified atom stereocenters. The minimum Gasteiger partial charge on any atom is -0.491 e. The van der Waals surface area contributed by atoms with Gasteiger partial charge in [0, 0.05) is 44.3 Å². The van der Waals surface area contributed by atoms with Gasteiger partial charge in [-0.2, -0.15) is 18.4 Å². The van der Waals surface area contributed by atoms with E-state index < -0.39 is 92.9 Å². The zero-order valence-corrected chi connectivity index (χ0v) is 41.7. The lowest BCUT2D eigenvalue weighted by atomic mass is 10.0. The van der Waals surface area contributed by atoms with E-state index in [-0.39, 0.29) is 62.0 Å². The number of hydrogen-bond acceptors (Lipinski definition) is 12. The molecular formula is C51H48F6N8O7S2. The van der Waals surface area contributed by atoms with Crippen LogP contribution in [-0.4, -0.2) is 110 Å². The van der Waals surface area contributed by atoms with Gasteiger partial charge in [-0.15, -0.1) is 11.3 Å². The molecule has 0 aliphatic carbocycles. The van der Waals surface area contributed by atoms with Crippen LogP contribution in [0.15, 0.2) is 72.4 Å². The number of ether oxygens (including phenoxy) is 2. The van der Waals surface area contributed by atoms with Gasteiger partial charge in [0.15, 0.2) is 28.3 Å². The smallest absolute Gasteiger partial charge is 0.420 e. The number of aliphatic hydroxyl groups excluding tert-OH is 1. The molecule has 5 heterocycles. The monoisotopic (exact) mass is 1060 g/mol. The first-order chi connectivity index (χ1) is 35.2. The molecule has 8 rings (SSSR count). The summed E-state index contributed by atoms with van der Waals surface area (Å²) < 4.78 is 99.0. The predicted octanol–water partition coefficient (Wildman–Crippen LogP) is 7.85. The van der Waals surface area contributed by atoms with E-state index >= 15 is 13.2 Å². The van der Waals surface area contributed by atoms with Crippen molar-refractivity contribution < 1.29 is 60.1 Å². The van der Waals surface area contributed by atoms with Crippen molar-refractivity contribution in [2.45, 2.75) is 89.3 Å². The van der Waals surface area contributed by atoms with Crippen LogP contribution in [-0.2, 0) is 36.6 Å². The third kappa shape index (κ3) is 10.8. The van der Waals surface area contributed by atoms with Crippen LogP contribution in [0.25, 0.3) is 21.7 Å². The number of aliphatic hydroxyl groups is 1. The van der Waals surface area contributed by atoms with Gasteiger partial charge < -0.3 is 34.6 Å². The fourth-order valence-corrected chi connectivity index (χ4v) is 10.6. The molecule has 3 atom stereocenters. The first-order valence-electron chi connectivity index (χ1n) is 23.4. The fourth-order valence-electron chi connectivity index (χ4n) is 9.29. The summed E-state index contributed by atoms with van der Waals surface area (Å²) in [6, 6.07) is 13.5. The lowest BCUT2D eigenvalue weighted by Gasteiger charge is -2.30. The maximum atomic E-state index is 15.7. The summed E-state index contributed by atoms with van der Waals surface area (Å²) in [5, 5.41) is 22.1. The number of hydrogen-bond donors (Lipinski definition) is 2. The standard InChI is InChI=1S/C51H48F6N8O7S2/c1-28-45(74-27-61-28)30-10-8-29(9-11-30)23-60-46(68)39-21-34(66)25-63(39)47(69)38-7-6-16-62(38)41(67)26-71-17-4-5-18-72-40-15-13-31(19-35(40)52)44-36(53)20-33(24-59-44)65-49(73)64(48(70)50(65,2)3)37-14-12-32(22-58)42(43(37)54)51(55,56)57/h8-15,19-20,24,27,34,38-39,66H,4-7,16-18,21,23,25-26H2,1-3H3,(H,60,68)/t34-,38+,39+/m1/s1. The number of aromatic nitrogens is 2. The summed E-state index contributed by atoms with van der Waals surface area (Å²) in [5.74, 6) is -6.00. The molecule has 388 valence electrons. The Kier molecular flexibility index (Phi) is 15.7. The van der Waals surface area contributed by atoms with E-state index in [1.807, 2.05) is 31.2 Å². The van der Waals surface area contributed by atoms with E-state index in [4.69, 9.17) is 27.0 Å². The molecule has 15 nitrogen and oxygen atoms in total. The van der Waals surface area contributed by atoms with Gasteiger partial charge in [-0.05, 0) is 100 Å². The Morgan fingerprint density at radius 2 is 1.70 bits per heavy atom. The van der Waals surface area contributed by atoms with Crippen LogP contribution in [0.5, 0.6) is 5.75 Å². The molecule has 5 aromatic rings. The van der Waals surface area contributed by atoms with Crippen molar-refractivity contribution in [3.63, 3.8) is 0 Å². The van der Waals surface area contributed by atoms with Crippen LogP contribution in [0.1, 0.15) is 68.3 Å². The molecule has 0 bridgehead atoms. The number of thiazole rings is 1. The molecule has 3 fully saturated rings. The Hall–Kier alpha value is -7.00. The zero-order valence-electron chi connectivity index (χ0n) is 40.0. The van der Waals surface area contributed by atoms with E-state index in [1.165, 1.54) is 41.8 Å². The molecule has 0 radical (unpaired) electrons. The Morgan fingerprint density at radius 1 is 0.973 bits per heavy atom. The topological polar surface area (TPSA) is 182 Å². The number of nitrogens with zero attached hydrogens (tertiary/aromatic N) is 7. The lowest BCUT2D eigenvalue weighted by molar-refractivity contribution is -0.148. The highest BCUT2D eigenvalue weighted by Crippen LogP contribution is 2.42. The normalized spacial score (nSPS) is 18.6. The second-order valence-electron chi connectivity index (χ2n) is 18.3. The summed E-state index contributed by atoms with van der Waals surface area (Å²) >= 11 is 6.97. The van der Waals surface area contributed by atoms with E-state index in [9.17, 15) is 37.5 Å². The zero-order chi connectivity index (χ0) is 53.2. The summed E-state index contributed by atoms with van der Waals surface area (Å²) in [5.41, 5.74) is -1.20. The van der Waals surface area contributed by atoms with Crippen LogP contribution in [0, 0.1) is 35.7 Å². The number of nitrogens with one attached hydrogen (secondary N) is 1. The molecule has 0 saturated carbocycles. The third-order valence-corrected chi connectivity index (χ3v) is 14.4. The molecule has 3 aliphatic heterocycles. The number of alkyl halides is 3. The molecule has 2 N–H and O–H groups in total. The van der Waals surface area contributed by atoms with Gasteiger partial charge in [-0.25, -0.2) is 18.2 Å². The Bertz CT molecular complexity index is 3040. The summed E-state index contributed by atoms with van der Waals surface area (Å²) in [6.07, 6.45) is -3.20. The van der Waals surface area contributed by atoms with Crippen molar-refractivity contribution >= 4 is 63.7 Å². The van der Waals surface area contributed by atoms with Crippen molar-refractivity contribution in [1.29, 1.82) is 5.26 Å². The predicted molar refractivity (Wildman–Crippen MR) is 263 cm³/mol. The van der Waals surface area contributed by atoms with Crippen LogP contribution in [0.2, 0.25) is 0 Å². The summed E-state index contributed by atoms with van der Waals surface area (Å²) in [6.45, 7) is 5.04. The highest BCUT2D eigenvalue weighted by atomic mass is 32.1. The number of unbranched alkanes of at least 4 members (excludes halogenated alkanes) is 1. The molecular weight excluding hydrogens is 1010 g/mol. The number of nitriles is 1.